The van der Waals surface area contributed by atoms with Crippen molar-refractivity contribution in [3.05, 3.63) is 59.7 Å². The van der Waals surface area contributed by atoms with Crippen molar-refractivity contribution >= 4 is 8.15 Å². The fraction of sp³-hybridized carbons (Fsp3) is 0.333. The van der Waals surface area contributed by atoms with E-state index >= 15 is 0 Å². The first-order valence-corrected chi connectivity index (χ1v) is 9.02. The highest BCUT2D eigenvalue weighted by Crippen LogP contribution is 2.44. The van der Waals surface area contributed by atoms with E-state index in [1.54, 1.807) is 14.2 Å². The summed E-state index contributed by atoms with van der Waals surface area (Å²) in [6.07, 6.45) is 1.92. The van der Waals surface area contributed by atoms with E-state index in [2.05, 4.69) is 31.2 Å². The van der Waals surface area contributed by atoms with Gasteiger partial charge in [0.2, 0.25) is 0 Å². The molecule has 0 aromatic heterocycles. The molecule has 2 rings (SSSR count). The van der Waals surface area contributed by atoms with Gasteiger partial charge in [-0.25, -0.2) is 0 Å². The fourth-order valence-corrected chi connectivity index (χ4v) is 4.09. The lowest BCUT2D eigenvalue weighted by Gasteiger charge is -2.17. The number of ether oxygens (including phenoxy) is 2. The van der Waals surface area contributed by atoms with Crippen LogP contribution in [0.15, 0.2) is 48.5 Å². The van der Waals surface area contributed by atoms with Gasteiger partial charge in [0, 0.05) is 27.1 Å². The first-order chi connectivity index (χ1) is 10.7. The Morgan fingerprint density at radius 2 is 1.14 bits per heavy atom. The first kappa shape index (κ1) is 16.8. The van der Waals surface area contributed by atoms with Crippen LogP contribution in [0.25, 0.3) is 0 Å². The van der Waals surface area contributed by atoms with Gasteiger partial charge in [-0.15, -0.1) is 0 Å². The molecule has 3 nitrogen and oxygen atoms in total. The topological polar surface area (TPSA) is 27.7 Å². The smallest absolute Gasteiger partial charge is 0.118 e. The number of methoxy groups -OCH3 is 2. The summed E-state index contributed by atoms with van der Waals surface area (Å²) < 4.78 is 16.4. The number of hydrogen-bond acceptors (Lipinski definition) is 3. The molecule has 4 heteroatoms. The van der Waals surface area contributed by atoms with Crippen LogP contribution in [0.3, 0.4) is 0 Å². The van der Waals surface area contributed by atoms with Gasteiger partial charge in [-0.05, 0) is 42.3 Å². The third kappa shape index (κ3) is 5.01. The summed E-state index contributed by atoms with van der Waals surface area (Å²) in [7, 11) is 2.85. The maximum atomic E-state index is 5.97. The average Bonchev–Trinajstić information content (AvgIpc) is 2.56. The molecule has 0 radical (unpaired) electrons. The molecule has 0 spiro atoms. The summed E-state index contributed by atoms with van der Waals surface area (Å²) in [5, 5.41) is 0. The van der Waals surface area contributed by atoms with Crippen molar-refractivity contribution in [3.63, 3.8) is 0 Å². The molecule has 0 saturated heterocycles. The molecule has 0 N–H and O–H groups in total. The lowest BCUT2D eigenvalue weighted by Crippen LogP contribution is -1.94. The van der Waals surface area contributed by atoms with Crippen LogP contribution in [0.5, 0.6) is 11.5 Å². The van der Waals surface area contributed by atoms with E-state index in [0.29, 0.717) is 0 Å². The Hall–Kier alpha value is -1.57. The summed E-state index contributed by atoms with van der Waals surface area (Å²) in [6, 6.07) is 16.5. The zero-order valence-electron chi connectivity index (χ0n) is 13.4. The highest BCUT2D eigenvalue weighted by atomic mass is 31.1. The fourth-order valence-electron chi connectivity index (χ4n) is 2.20. The Labute approximate surface area is 134 Å². The molecule has 0 aliphatic rings. The van der Waals surface area contributed by atoms with E-state index in [4.69, 9.17) is 14.0 Å². The molecule has 0 unspecified atom stereocenters. The Kier molecular flexibility index (Phi) is 6.70. The molecule has 22 heavy (non-hydrogen) atoms. The summed E-state index contributed by atoms with van der Waals surface area (Å²) in [6.45, 7) is 2.80. The van der Waals surface area contributed by atoms with Gasteiger partial charge >= 0.3 is 0 Å². The SMILES string of the molecule is CCOP(Cc1ccc(OC)cc1)Cc1ccc(OC)cc1. The minimum absolute atomic E-state index is 0.523. The zero-order chi connectivity index (χ0) is 15.8. The molecule has 0 aliphatic heterocycles. The Morgan fingerprint density at radius 1 is 0.727 bits per heavy atom. The third-order valence-corrected chi connectivity index (χ3v) is 5.41. The van der Waals surface area contributed by atoms with E-state index in [1.807, 2.05) is 24.3 Å². The number of benzene rings is 2. The van der Waals surface area contributed by atoms with Crippen molar-refractivity contribution in [1.82, 2.24) is 0 Å². The second-order valence-corrected chi connectivity index (χ2v) is 6.77. The molecular weight excluding hydrogens is 295 g/mol. The lowest BCUT2D eigenvalue weighted by atomic mass is 10.2. The van der Waals surface area contributed by atoms with E-state index in [9.17, 15) is 0 Å². The van der Waals surface area contributed by atoms with E-state index < -0.39 is 8.15 Å². The minimum Gasteiger partial charge on any atom is -0.497 e. The number of hydrogen-bond donors (Lipinski definition) is 0. The van der Waals surface area contributed by atoms with Crippen LogP contribution in [0.2, 0.25) is 0 Å². The van der Waals surface area contributed by atoms with Gasteiger partial charge in [0.15, 0.2) is 0 Å². The van der Waals surface area contributed by atoms with E-state index in [1.165, 1.54) is 11.1 Å². The second-order valence-electron chi connectivity index (χ2n) is 4.91. The Balaban J connectivity index is 2.01. The molecule has 0 aliphatic carbocycles. The van der Waals surface area contributed by atoms with Gasteiger partial charge < -0.3 is 14.0 Å². The molecular formula is C18H23O3P. The van der Waals surface area contributed by atoms with Crippen molar-refractivity contribution in [1.29, 1.82) is 0 Å². The molecule has 0 atom stereocenters. The van der Waals surface area contributed by atoms with Crippen molar-refractivity contribution < 1.29 is 14.0 Å². The highest BCUT2D eigenvalue weighted by Gasteiger charge is 2.11. The van der Waals surface area contributed by atoms with Crippen molar-refractivity contribution in [2.75, 3.05) is 20.8 Å². The predicted molar refractivity (Wildman–Crippen MR) is 91.9 cm³/mol. The Bertz CT molecular complexity index is 502. The van der Waals surface area contributed by atoms with Crippen LogP contribution >= 0.6 is 8.15 Å². The average molecular weight is 318 g/mol. The second kappa shape index (κ2) is 8.77. The standard InChI is InChI=1S/C18H23O3P/c1-4-21-22(13-15-5-9-17(19-2)10-6-15)14-16-7-11-18(20-3)12-8-16/h5-12H,4,13-14H2,1-3H3. The summed E-state index contributed by atoms with van der Waals surface area (Å²) >= 11 is 0. The van der Waals surface area contributed by atoms with Crippen LogP contribution in [0, 0.1) is 0 Å². The molecule has 0 amide bonds. The van der Waals surface area contributed by atoms with Crippen molar-refractivity contribution in [3.8, 4) is 11.5 Å². The lowest BCUT2D eigenvalue weighted by molar-refractivity contribution is 0.376. The van der Waals surface area contributed by atoms with E-state index in [-0.39, 0.29) is 0 Å². The zero-order valence-corrected chi connectivity index (χ0v) is 14.3. The highest BCUT2D eigenvalue weighted by molar-refractivity contribution is 7.50. The molecule has 118 valence electrons. The van der Waals surface area contributed by atoms with Gasteiger partial charge in [-0.1, -0.05) is 24.3 Å². The van der Waals surface area contributed by atoms with Gasteiger partial charge in [-0.3, -0.25) is 0 Å². The monoisotopic (exact) mass is 318 g/mol. The molecule has 0 fully saturated rings. The maximum Gasteiger partial charge on any atom is 0.118 e. The maximum absolute atomic E-state index is 5.97. The van der Waals surface area contributed by atoms with Crippen molar-refractivity contribution in [2.24, 2.45) is 0 Å². The van der Waals surface area contributed by atoms with Gasteiger partial charge in [0.25, 0.3) is 0 Å². The Morgan fingerprint density at radius 3 is 1.45 bits per heavy atom. The van der Waals surface area contributed by atoms with Gasteiger partial charge in [0.1, 0.15) is 11.5 Å². The van der Waals surface area contributed by atoms with E-state index in [0.717, 1.165) is 30.4 Å². The van der Waals surface area contributed by atoms with Crippen molar-refractivity contribution in [2.45, 2.75) is 19.2 Å². The summed E-state index contributed by atoms with van der Waals surface area (Å²) in [5.41, 5.74) is 2.57. The number of rotatable bonds is 8. The van der Waals surface area contributed by atoms with Crippen LogP contribution in [-0.2, 0) is 16.8 Å². The third-order valence-electron chi connectivity index (χ3n) is 3.35. The predicted octanol–water partition coefficient (Wildman–Crippen LogP) is 4.84. The molecule has 2 aromatic carbocycles. The molecule has 0 heterocycles. The minimum atomic E-state index is -0.523. The molecule has 0 saturated carbocycles. The van der Waals surface area contributed by atoms with Crippen LogP contribution in [-0.4, -0.2) is 20.8 Å². The van der Waals surface area contributed by atoms with Gasteiger partial charge in [0.05, 0.1) is 14.2 Å². The molecule has 0 bridgehead atoms. The normalized spacial score (nSPS) is 10.7. The first-order valence-electron chi connectivity index (χ1n) is 7.39. The van der Waals surface area contributed by atoms with Crippen LogP contribution < -0.4 is 9.47 Å². The van der Waals surface area contributed by atoms with Crippen LogP contribution in [0.1, 0.15) is 18.1 Å². The molecule has 2 aromatic rings. The van der Waals surface area contributed by atoms with Gasteiger partial charge in [-0.2, -0.15) is 0 Å². The quantitative estimate of drug-likeness (QED) is 0.652. The summed E-state index contributed by atoms with van der Waals surface area (Å²) in [4.78, 5) is 0. The largest absolute Gasteiger partial charge is 0.497 e. The summed E-state index contributed by atoms with van der Waals surface area (Å²) in [5.74, 6) is 1.78. The van der Waals surface area contributed by atoms with Crippen LogP contribution in [0.4, 0.5) is 0 Å².